The van der Waals surface area contributed by atoms with Gasteiger partial charge in [0, 0.05) is 13.2 Å². The van der Waals surface area contributed by atoms with E-state index in [1.165, 1.54) is 0 Å². The van der Waals surface area contributed by atoms with Gasteiger partial charge in [0.05, 0.1) is 12.7 Å². The number of aryl methyl sites for hydroxylation is 1. The maximum absolute atomic E-state index is 10.6. The summed E-state index contributed by atoms with van der Waals surface area (Å²) >= 11 is 0. The number of nitrogens with zero attached hydrogens (tertiary/aromatic N) is 3. The molecular weight excluding hydrogens is 206 g/mol. The van der Waals surface area contributed by atoms with Crippen LogP contribution in [0, 0.1) is 0 Å². The van der Waals surface area contributed by atoms with E-state index in [0.717, 1.165) is 16.7 Å². The Morgan fingerprint density at radius 3 is 3.00 bits per heavy atom. The highest BCUT2D eigenvalue weighted by atomic mass is 16.4. The lowest BCUT2D eigenvalue weighted by Gasteiger charge is -2.08. The zero-order valence-corrected chi connectivity index (χ0v) is 9.21. The summed E-state index contributed by atoms with van der Waals surface area (Å²) in [5.41, 5.74) is 2.53. The molecule has 84 valence electrons. The molecule has 0 spiro atoms. The maximum Gasteiger partial charge on any atom is 0.303 e. The van der Waals surface area contributed by atoms with Gasteiger partial charge in [-0.05, 0) is 17.5 Å². The first kappa shape index (κ1) is 10.6. The van der Waals surface area contributed by atoms with Crippen molar-refractivity contribution in [2.75, 3.05) is 0 Å². The summed E-state index contributed by atoms with van der Waals surface area (Å²) in [6, 6.07) is 1.90. The number of hydrogen-bond donors (Lipinski definition) is 1. The Kier molecular flexibility index (Phi) is 2.60. The number of aliphatic carboxylic acids is 1. The fourth-order valence-corrected chi connectivity index (χ4v) is 1.68. The van der Waals surface area contributed by atoms with Crippen molar-refractivity contribution in [3.63, 3.8) is 0 Å². The number of carboxylic acid groups (broad SMARTS) is 1. The van der Waals surface area contributed by atoms with Crippen molar-refractivity contribution in [1.82, 2.24) is 14.5 Å². The number of carbonyl (C=O) groups is 1. The lowest BCUT2D eigenvalue weighted by Crippen LogP contribution is -2.03. The first-order valence-corrected chi connectivity index (χ1v) is 5.06. The fraction of sp³-hybridized carbons (Fsp3) is 0.364. The zero-order chi connectivity index (χ0) is 11.7. The molecule has 0 bridgehead atoms. The van der Waals surface area contributed by atoms with Gasteiger partial charge in [-0.1, -0.05) is 6.92 Å². The highest BCUT2D eigenvalue weighted by Crippen LogP contribution is 2.21. The van der Waals surface area contributed by atoms with E-state index in [1.807, 2.05) is 24.6 Å². The van der Waals surface area contributed by atoms with Crippen molar-refractivity contribution in [1.29, 1.82) is 0 Å². The van der Waals surface area contributed by atoms with Crippen molar-refractivity contribution in [3.05, 3.63) is 24.2 Å². The molecule has 5 nitrogen and oxygen atoms in total. The molecule has 5 heteroatoms. The molecule has 0 radical (unpaired) electrons. The van der Waals surface area contributed by atoms with Crippen LogP contribution in [0.3, 0.4) is 0 Å². The van der Waals surface area contributed by atoms with Crippen LogP contribution in [0.5, 0.6) is 0 Å². The molecule has 2 rings (SSSR count). The second-order valence-corrected chi connectivity index (χ2v) is 3.97. The standard InChI is InChI=1S/C11H13N3O2/c1-7(3-10(15)16)8-4-9-11(12-5-8)14(2)6-13-9/h4-7H,3H2,1-2H3,(H,15,16). The third kappa shape index (κ3) is 1.88. The Morgan fingerprint density at radius 2 is 2.31 bits per heavy atom. The minimum atomic E-state index is -0.798. The van der Waals surface area contributed by atoms with Crippen LogP contribution in [0.1, 0.15) is 24.8 Å². The molecule has 0 aliphatic rings. The van der Waals surface area contributed by atoms with Gasteiger partial charge >= 0.3 is 5.97 Å². The second kappa shape index (κ2) is 3.92. The minimum absolute atomic E-state index is 0.0450. The molecule has 0 saturated heterocycles. The van der Waals surface area contributed by atoms with Crippen molar-refractivity contribution in [2.24, 2.45) is 7.05 Å². The zero-order valence-electron chi connectivity index (χ0n) is 9.21. The summed E-state index contributed by atoms with van der Waals surface area (Å²) in [5, 5.41) is 8.72. The average Bonchev–Trinajstić information content (AvgIpc) is 2.59. The molecule has 0 aromatic carbocycles. The van der Waals surface area contributed by atoms with Crippen molar-refractivity contribution in [3.8, 4) is 0 Å². The van der Waals surface area contributed by atoms with E-state index in [1.54, 1.807) is 12.5 Å². The molecule has 0 saturated carbocycles. The predicted octanol–water partition coefficient (Wildman–Crippen LogP) is 1.55. The molecule has 1 N–H and O–H groups in total. The largest absolute Gasteiger partial charge is 0.481 e. The summed E-state index contributed by atoms with van der Waals surface area (Å²) in [6.45, 7) is 1.87. The number of aromatic nitrogens is 3. The molecular formula is C11H13N3O2. The predicted molar refractivity (Wildman–Crippen MR) is 59.2 cm³/mol. The maximum atomic E-state index is 10.6. The van der Waals surface area contributed by atoms with Crippen LogP contribution >= 0.6 is 0 Å². The van der Waals surface area contributed by atoms with Gasteiger partial charge in [0.2, 0.25) is 0 Å². The Labute approximate surface area is 92.8 Å². The van der Waals surface area contributed by atoms with Crippen molar-refractivity contribution >= 4 is 17.1 Å². The van der Waals surface area contributed by atoms with Gasteiger partial charge in [0.25, 0.3) is 0 Å². The average molecular weight is 219 g/mol. The van der Waals surface area contributed by atoms with Gasteiger partial charge < -0.3 is 9.67 Å². The first-order chi connectivity index (χ1) is 7.58. The molecule has 2 heterocycles. The van der Waals surface area contributed by atoms with E-state index in [2.05, 4.69) is 9.97 Å². The van der Waals surface area contributed by atoms with Crippen LogP contribution in [0.15, 0.2) is 18.6 Å². The summed E-state index contributed by atoms with van der Waals surface area (Å²) in [4.78, 5) is 19.1. The van der Waals surface area contributed by atoms with Crippen LogP contribution in [0.2, 0.25) is 0 Å². The van der Waals surface area contributed by atoms with E-state index in [-0.39, 0.29) is 12.3 Å². The van der Waals surface area contributed by atoms with E-state index in [0.29, 0.717) is 0 Å². The van der Waals surface area contributed by atoms with Crippen molar-refractivity contribution < 1.29 is 9.90 Å². The summed E-state index contributed by atoms with van der Waals surface area (Å²) in [7, 11) is 1.88. The van der Waals surface area contributed by atoms with E-state index in [4.69, 9.17) is 5.11 Å². The van der Waals surface area contributed by atoms with E-state index in [9.17, 15) is 4.79 Å². The molecule has 16 heavy (non-hydrogen) atoms. The van der Waals surface area contributed by atoms with Crippen LogP contribution in [0.25, 0.3) is 11.2 Å². The van der Waals surface area contributed by atoms with Gasteiger partial charge in [-0.25, -0.2) is 9.97 Å². The minimum Gasteiger partial charge on any atom is -0.481 e. The third-order valence-corrected chi connectivity index (χ3v) is 2.62. The molecule has 2 aromatic rings. The first-order valence-electron chi connectivity index (χ1n) is 5.06. The number of carboxylic acids is 1. The highest BCUT2D eigenvalue weighted by molar-refractivity contribution is 5.72. The molecule has 1 unspecified atom stereocenters. The monoisotopic (exact) mass is 219 g/mol. The summed E-state index contributed by atoms with van der Waals surface area (Å²) in [5.74, 6) is -0.843. The number of imidazole rings is 1. The Morgan fingerprint density at radius 1 is 1.56 bits per heavy atom. The van der Waals surface area contributed by atoms with Gasteiger partial charge in [0.15, 0.2) is 5.65 Å². The van der Waals surface area contributed by atoms with E-state index >= 15 is 0 Å². The number of pyridine rings is 1. The Bertz CT molecular complexity index is 533. The molecule has 0 aliphatic heterocycles. The summed E-state index contributed by atoms with van der Waals surface area (Å²) < 4.78 is 1.83. The van der Waals surface area contributed by atoms with Crippen LogP contribution in [0.4, 0.5) is 0 Å². The number of rotatable bonds is 3. The summed E-state index contributed by atoms with van der Waals surface area (Å²) in [6.07, 6.45) is 3.53. The van der Waals surface area contributed by atoms with Crippen molar-refractivity contribution in [2.45, 2.75) is 19.3 Å². The number of hydrogen-bond acceptors (Lipinski definition) is 3. The van der Waals surface area contributed by atoms with E-state index < -0.39 is 5.97 Å². The SMILES string of the molecule is CC(CC(=O)O)c1cnc2c(c1)ncn2C. The molecule has 0 fully saturated rings. The normalized spacial score (nSPS) is 12.9. The quantitative estimate of drug-likeness (QED) is 0.850. The topological polar surface area (TPSA) is 68.0 Å². The van der Waals surface area contributed by atoms with Crippen LogP contribution < -0.4 is 0 Å². The molecule has 0 amide bonds. The fourth-order valence-electron chi connectivity index (χ4n) is 1.68. The second-order valence-electron chi connectivity index (χ2n) is 3.97. The lowest BCUT2D eigenvalue weighted by molar-refractivity contribution is -0.137. The Balaban J connectivity index is 2.35. The molecule has 2 aromatic heterocycles. The van der Waals surface area contributed by atoms with Crippen LogP contribution in [-0.4, -0.2) is 25.6 Å². The van der Waals surface area contributed by atoms with Gasteiger partial charge in [-0.3, -0.25) is 4.79 Å². The van der Waals surface area contributed by atoms with Crippen LogP contribution in [-0.2, 0) is 11.8 Å². The highest BCUT2D eigenvalue weighted by Gasteiger charge is 2.12. The van der Waals surface area contributed by atoms with Gasteiger partial charge in [0.1, 0.15) is 5.52 Å². The number of fused-ring (bicyclic) bond motifs is 1. The Hall–Kier alpha value is -1.91. The third-order valence-electron chi connectivity index (χ3n) is 2.62. The smallest absolute Gasteiger partial charge is 0.303 e. The van der Waals surface area contributed by atoms with Gasteiger partial charge in [-0.15, -0.1) is 0 Å². The molecule has 0 aliphatic carbocycles. The lowest BCUT2D eigenvalue weighted by atomic mass is 10.00. The van der Waals surface area contributed by atoms with Gasteiger partial charge in [-0.2, -0.15) is 0 Å². The molecule has 1 atom stereocenters.